The van der Waals surface area contributed by atoms with Crippen LogP contribution >= 0.6 is 0 Å². The van der Waals surface area contributed by atoms with Crippen LogP contribution in [0.4, 0.5) is 8.78 Å². The van der Waals surface area contributed by atoms with E-state index in [0.717, 1.165) is 90.4 Å². The predicted octanol–water partition coefficient (Wildman–Crippen LogP) is 8.57. The Morgan fingerprint density at radius 1 is 0.604 bits per heavy atom. The van der Waals surface area contributed by atoms with E-state index in [4.69, 9.17) is 0 Å². The van der Waals surface area contributed by atoms with Gasteiger partial charge in [-0.3, -0.25) is 9.59 Å². The van der Waals surface area contributed by atoms with Crippen molar-refractivity contribution in [2.45, 2.75) is 116 Å². The van der Waals surface area contributed by atoms with Crippen LogP contribution in [-0.2, 0) is 9.59 Å². The molecule has 4 atom stereocenters. The Kier molecular flexibility index (Phi) is 11.7. The number of nitrogens with zero attached hydrogens (tertiary/aromatic N) is 2. The Balaban J connectivity index is 0.000000188. The van der Waals surface area contributed by atoms with Gasteiger partial charge >= 0.3 is 11.9 Å². The summed E-state index contributed by atoms with van der Waals surface area (Å²) in [5.74, 6) is -0.257. The average Bonchev–Trinajstić information content (AvgIpc) is 3.74. The fourth-order valence-corrected chi connectivity index (χ4v) is 9.32. The summed E-state index contributed by atoms with van der Waals surface area (Å²) in [6, 6.07) is 14.6. The predicted molar refractivity (Wildman–Crippen MR) is 185 cm³/mol. The molecule has 0 bridgehead atoms. The maximum Gasteiger partial charge on any atom is 0.309 e. The highest BCUT2D eigenvalue weighted by molar-refractivity contribution is 5.76. The van der Waals surface area contributed by atoms with Crippen molar-refractivity contribution in [1.82, 2.24) is 9.80 Å². The van der Waals surface area contributed by atoms with Crippen LogP contribution in [-0.4, -0.2) is 70.2 Å². The minimum absolute atomic E-state index is 0.178. The molecular weight excluding hydrogens is 610 g/mol. The van der Waals surface area contributed by atoms with Crippen LogP contribution in [0, 0.1) is 34.3 Å². The third-order valence-electron chi connectivity index (χ3n) is 12.9. The smallest absolute Gasteiger partial charge is 0.309 e. The highest BCUT2D eigenvalue weighted by Gasteiger charge is 2.50. The van der Waals surface area contributed by atoms with E-state index in [2.05, 4.69) is 9.80 Å². The first kappa shape index (κ1) is 36.4. The maximum atomic E-state index is 13.1. The van der Waals surface area contributed by atoms with E-state index in [1.807, 2.05) is 52.0 Å². The van der Waals surface area contributed by atoms with Crippen LogP contribution < -0.4 is 0 Å². The SMILES string of the molecule is CC(C)[C@@]1(C(=O)O)CC[C@H](N2CCC(c3ccc(F)cc3)CC2)C1.CC(C)[C@]1(C(=O)O)CC[C@@H](N2CCC(c3ccc(F)cc3)CC2)C1. The Morgan fingerprint density at radius 2 is 0.917 bits per heavy atom. The van der Waals surface area contributed by atoms with Gasteiger partial charge in [-0.2, -0.15) is 0 Å². The van der Waals surface area contributed by atoms with Crippen LogP contribution in [0.5, 0.6) is 0 Å². The second-order valence-corrected chi connectivity index (χ2v) is 15.7. The first-order valence-corrected chi connectivity index (χ1v) is 18.3. The van der Waals surface area contributed by atoms with E-state index in [-0.39, 0.29) is 23.5 Å². The van der Waals surface area contributed by atoms with Gasteiger partial charge in [-0.1, -0.05) is 52.0 Å². The summed E-state index contributed by atoms with van der Waals surface area (Å²) in [5.41, 5.74) is 1.37. The van der Waals surface area contributed by atoms with Gasteiger partial charge < -0.3 is 20.0 Å². The lowest BCUT2D eigenvalue weighted by Gasteiger charge is -2.37. The van der Waals surface area contributed by atoms with Crippen LogP contribution in [0.15, 0.2) is 48.5 Å². The zero-order chi connectivity index (χ0) is 34.6. The molecule has 8 heteroatoms. The second-order valence-electron chi connectivity index (χ2n) is 15.7. The minimum atomic E-state index is -0.624. The first-order valence-electron chi connectivity index (χ1n) is 18.3. The summed E-state index contributed by atoms with van der Waals surface area (Å²) >= 11 is 0. The van der Waals surface area contributed by atoms with Crippen LogP contribution in [0.3, 0.4) is 0 Å². The quantitative estimate of drug-likeness (QED) is 0.294. The number of carbonyl (C=O) groups is 2. The number of hydrogen-bond acceptors (Lipinski definition) is 4. The van der Waals surface area contributed by atoms with Gasteiger partial charge in [0.2, 0.25) is 0 Å². The molecule has 0 amide bonds. The second kappa shape index (κ2) is 15.4. The van der Waals surface area contributed by atoms with Crippen LogP contribution in [0.2, 0.25) is 0 Å². The van der Waals surface area contributed by atoms with Crippen LogP contribution in [0.25, 0.3) is 0 Å². The molecule has 264 valence electrons. The third-order valence-corrected chi connectivity index (χ3v) is 12.9. The molecule has 2 aliphatic carbocycles. The maximum absolute atomic E-state index is 13.1. The number of piperidine rings is 2. The number of hydrogen-bond donors (Lipinski definition) is 2. The summed E-state index contributed by atoms with van der Waals surface area (Å²) < 4.78 is 26.1. The summed E-state index contributed by atoms with van der Waals surface area (Å²) in [6.45, 7) is 12.2. The Labute approximate surface area is 285 Å². The average molecular weight is 667 g/mol. The Hall–Kier alpha value is -2.84. The highest BCUT2D eigenvalue weighted by Crippen LogP contribution is 2.48. The number of halogens is 2. The summed E-state index contributed by atoms with van der Waals surface area (Å²) in [6.07, 6.45) is 9.42. The number of likely N-dealkylation sites (tertiary alicyclic amines) is 2. The lowest BCUT2D eigenvalue weighted by molar-refractivity contribution is -0.152. The first-order chi connectivity index (χ1) is 22.8. The third kappa shape index (κ3) is 7.80. The van der Waals surface area contributed by atoms with Crippen molar-refractivity contribution in [2.24, 2.45) is 22.7 Å². The van der Waals surface area contributed by atoms with Gasteiger partial charge in [-0.25, -0.2) is 8.78 Å². The monoisotopic (exact) mass is 666 g/mol. The largest absolute Gasteiger partial charge is 0.481 e. The molecular formula is C40H56F2N2O4. The van der Waals surface area contributed by atoms with Gasteiger partial charge in [-0.15, -0.1) is 0 Å². The van der Waals surface area contributed by atoms with E-state index in [9.17, 15) is 28.6 Å². The van der Waals surface area contributed by atoms with Gasteiger partial charge in [0.15, 0.2) is 0 Å². The summed E-state index contributed by atoms with van der Waals surface area (Å²) in [7, 11) is 0. The molecule has 4 fully saturated rings. The van der Waals surface area contributed by atoms with E-state index >= 15 is 0 Å². The number of aliphatic carboxylic acids is 2. The minimum Gasteiger partial charge on any atom is -0.481 e. The number of carboxylic acid groups (broad SMARTS) is 2. The van der Waals surface area contributed by atoms with Crippen molar-refractivity contribution < 1.29 is 28.6 Å². The molecule has 0 spiro atoms. The molecule has 6 rings (SSSR count). The molecule has 2 N–H and O–H groups in total. The molecule has 4 aliphatic rings. The van der Waals surface area contributed by atoms with E-state index in [1.165, 1.54) is 11.1 Å². The molecule has 2 aliphatic heterocycles. The topological polar surface area (TPSA) is 81.1 Å². The van der Waals surface area contributed by atoms with E-state index < -0.39 is 22.8 Å². The summed E-state index contributed by atoms with van der Waals surface area (Å²) in [4.78, 5) is 28.6. The van der Waals surface area contributed by atoms with Gasteiger partial charge in [0.1, 0.15) is 11.6 Å². The van der Waals surface area contributed by atoms with Crippen molar-refractivity contribution in [2.75, 3.05) is 26.2 Å². The van der Waals surface area contributed by atoms with E-state index in [0.29, 0.717) is 23.9 Å². The summed E-state index contributed by atoms with van der Waals surface area (Å²) in [5, 5.41) is 19.4. The van der Waals surface area contributed by atoms with E-state index in [1.54, 1.807) is 24.3 Å². The molecule has 2 saturated carbocycles. The molecule has 2 aromatic carbocycles. The molecule has 48 heavy (non-hydrogen) atoms. The van der Waals surface area contributed by atoms with Crippen molar-refractivity contribution in [3.63, 3.8) is 0 Å². The standard InChI is InChI=1S/2C20H28FNO2/c2*1-14(2)20(19(23)24)10-7-18(13-20)22-11-8-16(9-12-22)15-3-5-17(21)6-4-15/h2*3-6,14,16,18H,7-13H2,1-2H3,(H,23,24)/t2*18-,20+/m10/s1. The fourth-order valence-electron chi connectivity index (χ4n) is 9.32. The number of carboxylic acids is 2. The Morgan fingerprint density at radius 3 is 1.17 bits per heavy atom. The van der Waals surface area contributed by atoms with Crippen molar-refractivity contribution >= 4 is 11.9 Å². The molecule has 0 unspecified atom stereocenters. The van der Waals surface area contributed by atoms with Crippen molar-refractivity contribution in [1.29, 1.82) is 0 Å². The highest BCUT2D eigenvalue weighted by atomic mass is 19.1. The number of rotatable bonds is 8. The van der Waals surface area contributed by atoms with Gasteiger partial charge in [0, 0.05) is 12.1 Å². The van der Waals surface area contributed by atoms with Gasteiger partial charge in [0.25, 0.3) is 0 Å². The molecule has 2 heterocycles. The molecule has 0 aromatic heterocycles. The van der Waals surface area contributed by atoms with Crippen molar-refractivity contribution in [3.05, 3.63) is 71.3 Å². The molecule has 2 aromatic rings. The normalized spacial score (nSPS) is 29.2. The lowest BCUT2D eigenvalue weighted by Crippen LogP contribution is -2.42. The van der Waals surface area contributed by atoms with Gasteiger partial charge in [-0.05, 0) is 149 Å². The molecule has 0 radical (unpaired) electrons. The zero-order valence-corrected chi connectivity index (χ0v) is 29.3. The molecule has 2 saturated heterocycles. The lowest BCUT2D eigenvalue weighted by atomic mass is 9.75. The van der Waals surface area contributed by atoms with Gasteiger partial charge in [0.05, 0.1) is 10.8 Å². The van der Waals surface area contributed by atoms with Crippen molar-refractivity contribution in [3.8, 4) is 0 Å². The zero-order valence-electron chi connectivity index (χ0n) is 29.3. The Bertz CT molecular complexity index is 1260. The molecule has 6 nitrogen and oxygen atoms in total. The number of benzene rings is 2. The van der Waals surface area contributed by atoms with Crippen LogP contribution in [0.1, 0.15) is 115 Å². The fraction of sp³-hybridized carbons (Fsp3) is 0.650.